The van der Waals surface area contributed by atoms with Gasteiger partial charge in [-0.1, -0.05) is 12.2 Å². The maximum atomic E-state index is 11.4. The molecular weight excluding hydrogens is 320 g/mol. The average Bonchev–Trinajstić information content (AvgIpc) is 1.98. The number of halogens is 2. The predicted molar refractivity (Wildman–Crippen MR) is 62.9 cm³/mol. The van der Waals surface area contributed by atoms with Crippen molar-refractivity contribution in [2.75, 3.05) is 0 Å². The van der Waals surface area contributed by atoms with Crippen molar-refractivity contribution in [3.05, 3.63) is 31.6 Å². The second-order valence-corrected chi connectivity index (χ2v) is 4.70. The lowest BCUT2D eigenvalue weighted by atomic mass is 10.4. The van der Waals surface area contributed by atoms with Gasteiger partial charge in [-0.25, -0.2) is 0 Å². The van der Waals surface area contributed by atoms with Gasteiger partial charge in [0.25, 0.3) is 5.56 Å². The van der Waals surface area contributed by atoms with Gasteiger partial charge in [0.15, 0.2) is 0 Å². The first kappa shape index (κ1) is 10.9. The van der Waals surface area contributed by atoms with Crippen LogP contribution in [0.4, 0.5) is 0 Å². The molecule has 0 saturated heterocycles. The molecule has 0 bridgehead atoms. The molecule has 0 unspecified atom stereocenters. The maximum absolute atomic E-state index is 11.4. The topological polar surface area (TPSA) is 48.0 Å². The van der Waals surface area contributed by atoms with Gasteiger partial charge in [-0.2, -0.15) is 0 Å². The minimum Gasteiger partial charge on any atom is -0.392 e. The Hall–Kier alpha value is -0.200. The number of hydrogen-bond acceptors (Lipinski definition) is 2. The zero-order valence-corrected chi connectivity index (χ0v) is 10.4. The highest BCUT2D eigenvalue weighted by Gasteiger charge is 2.03. The lowest BCUT2D eigenvalue weighted by Gasteiger charge is -2.04. The summed E-state index contributed by atoms with van der Waals surface area (Å²) in [6.45, 7) is 0.256. The first-order chi connectivity index (χ1) is 6.00. The highest BCUT2D eigenvalue weighted by atomic mass is 79.9. The van der Waals surface area contributed by atoms with Crippen molar-refractivity contribution in [3.8, 4) is 0 Å². The van der Waals surface area contributed by atoms with Gasteiger partial charge in [-0.15, -0.1) is 0 Å². The number of pyridine rings is 1. The second kappa shape index (κ2) is 4.34. The van der Waals surface area contributed by atoms with Crippen molar-refractivity contribution < 1.29 is 0 Å². The fraction of sp³-hybridized carbons (Fsp3) is 0.143. The molecule has 0 fully saturated rings. The Morgan fingerprint density at radius 2 is 2.23 bits per heavy atom. The molecule has 70 valence electrons. The molecule has 1 heterocycles. The van der Waals surface area contributed by atoms with E-state index in [0.717, 1.165) is 4.47 Å². The Kier molecular flexibility index (Phi) is 3.63. The van der Waals surface area contributed by atoms with Crippen molar-refractivity contribution in [1.29, 1.82) is 0 Å². The third kappa shape index (κ3) is 2.89. The predicted octanol–water partition coefficient (Wildman–Crippen LogP) is 1.66. The lowest BCUT2D eigenvalue weighted by Crippen LogP contribution is -2.26. The van der Waals surface area contributed by atoms with E-state index in [-0.39, 0.29) is 17.1 Å². The second-order valence-electron chi connectivity index (χ2n) is 2.41. The van der Waals surface area contributed by atoms with Gasteiger partial charge in [0.05, 0.1) is 16.0 Å². The van der Waals surface area contributed by atoms with Crippen LogP contribution in [0.3, 0.4) is 0 Å². The van der Waals surface area contributed by atoms with Gasteiger partial charge in [0.1, 0.15) is 0 Å². The van der Waals surface area contributed by atoms with Crippen molar-refractivity contribution in [2.45, 2.75) is 6.54 Å². The molecule has 0 spiro atoms. The van der Waals surface area contributed by atoms with Gasteiger partial charge >= 0.3 is 0 Å². The first-order valence-corrected chi connectivity index (χ1v) is 5.34. The number of rotatable bonds is 2. The molecular formula is C7H6Br2N2OS. The molecule has 0 aliphatic heterocycles. The highest BCUT2D eigenvalue weighted by molar-refractivity contribution is 9.11. The summed E-state index contributed by atoms with van der Waals surface area (Å²) in [6, 6.07) is 1.68. The normalized spacial score (nSPS) is 10.0. The number of nitrogens with zero attached hydrogens (tertiary/aromatic N) is 1. The monoisotopic (exact) mass is 324 g/mol. The van der Waals surface area contributed by atoms with E-state index in [1.165, 1.54) is 4.57 Å². The van der Waals surface area contributed by atoms with E-state index in [1.807, 2.05) is 0 Å². The van der Waals surface area contributed by atoms with E-state index < -0.39 is 0 Å². The van der Waals surface area contributed by atoms with Crippen LogP contribution in [0.1, 0.15) is 0 Å². The van der Waals surface area contributed by atoms with Crippen LogP contribution < -0.4 is 11.3 Å². The summed E-state index contributed by atoms with van der Waals surface area (Å²) in [6.07, 6.45) is 1.65. The first-order valence-electron chi connectivity index (χ1n) is 3.34. The van der Waals surface area contributed by atoms with Crippen LogP contribution in [-0.2, 0) is 6.54 Å². The number of thiocarbonyl (C=S) groups is 1. The Labute approximate surface area is 97.2 Å². The van der Waals surface area contributed by atoms with Crippen LogP contribution in [0.15, 0.2) is 26.0 Å². The van der Waals surface area contributed by atoms with Crippen molar-refractivity contribution >= 4 is 49.1 Å². The minimum absolute atomic E-state index is 0.143. The van der Waals surface area contributed by atoms with Crippen LogP contribution in [0.25, 0.3) is 0 Å². The minimum atomic E-state index is -0.143. The van der Waals surface area contributed by atoms with E-state index in [0.29, 0.717) is 4.47 Å². The van der Waals surface area contributed by atoms with Gasteiger partial charge in [-0.05, 0) is 37.9 Å². The standard InChI is InChI=1S/C7H6Br2N2OS/c8-4-1-5(9)7(12)11(2-4)3-6(10)13/h1-2H,3H2,(H2,10,13). The number of aromatic nitrogens is 1. The van der Waals surface area contributed by atoms with Gasteiger partial charge in [0.2, 0.25) is 0 Å². The zero-order chi connectivity index (χ0) is 10.0. The molecule has 1 aromatic heterocycles. The molecule has 0 radical (unpaired) electrons. The average molecular weight is 326 g/mol. The van der Waals surface area contributed by atoms with Crippen LogP contribution in [-0.4, -0.2) is 9.56 Å². The van der Waals surface area contributed by atoms with Gasteiger partial charge in [-0.3, -0.25) is 4.79 Å². The molecule has 0 atom stereocenters. The molecule has 3 nitrogen and oxygen atoms in total. The molecule has 0 saturated carbocycles. The number of nitrogens with two attached hydrogens (primary N) is 1. The maximum Gasteiger partial charge on any atom is 0.265 e. The molecule has 2 N–H and O–H groups in total. The Bertz CT molecular complexity index is 402. The fourth-order valence-corrected chi connectivity index (χ4v) is 2.25. The fourth-order valence-electron chi connectivity index (χ4n) is 0.850. The van der Waals surface area contributed by atoms with Crippen molar-refractivity contribution in [2.24, 2.45) is 5.73 Å². The van der Waals surface area contributed by atoms with Gasteiger partial charge in [0, 0.05) is 10.7 Å². The molecule has 0 aliphatic rings. The molecule has 1 rings (SSSR count). The van der Waals surface area contributed by atoms with E-state index in [9.17, 15) is 4.79 Å². The SMILES string of the molecule is NC(=S)Cn1cc(Br)cc(Br)c1=O. The van der Waals surface area contributed by atoms with Crippen molar-refractivity contribution in [1.82, 2.24) is 4.57 Å². The lowest BCUT2D eigenvalue weighted by molar-refractivity contribution is 0.799. The van der Waals surface area contributed by atoms with Crippen LogP contribution >= 0.6 is 44.1 Å². The zero-order valence-electron chi connectivity index (χ0n) is 6.46. The van der Waals surface area contributed by atoms with E-state index in [4.69, 9.17) is 18.0 Å². The van der Waals surface area contributed by atoms with Crippen LogP contribution in [0.5, 0.6) is 0 Å². The summed E-state index contributed by atoms with van der Waals surface area (Å²) >= 11 is 11.1. The van der Waals surface area contributed by atoms with Gasteiger partial charge < -0.3 is 10.3 Å². The van der Waals surface area contributed by atoms with E-state index in [1.54, 1.807) is 12.3 Å². The summed E-state index contributed by atoms with van der Waals surface area (Å²) in [5.41, 5.74) is 5.19. The molecule has 0 aliphatic carbocycles. The largest absolute Gasteiger partial charge is 0.392 e. The quantitative estimate of drug-likeness (QED) is 0.841. The summed E-state index contributed by atoms with van der Waals surface area (Å²) < 4.78 is 2.73. The summed E-state index contributed by atoms with van der Waals surface area (Å²) in [5.74, 6) is 0. The van der Waals surface area contributed by atoms with E-state index >= 15 is 0 Å². The molecule has 6 heteroatoms. The highest BCUT2D eigenvalue weighted by Crippen LogP contribution is 2.12. The smallest absolute Gasteiger partial charge is 0.265 e. The number of hydrogen-bond donors (Lipinski definition) is 1. The summed E-state index contributed by atoms with van der Waals surface area (Å²) in [4.78, 5) is 11.7. The Morgan fingerprint density at radius 1 is 1.62 bits per heavy atom. The molecule has 0 amide bonds. The Balaban J connectivity index is 3.21. The molecule has 0 aromatic carbocycles. The van der Waals surface area contributed by atoms with E-state index in [2.05, 4.69) is 31.9 Å². The van der Waals surface area contributed by atoms with Crippen LogP contribution in [0, 0.1) is 0 Å². The third-order valence-electron chi connectivity index (χ3n) is 1.34. The molecule has 1 aromatic rings. The summed E-state index contributed by atoms with van der Waals surface area (Å²) in [7, 11) is 0. The third-order valence-corrected chi connectivity index (χ3v) is 2.47. The summed E-state index contributed by atoms with van der Waals surface area (Å²) in [5, 5.41) is 0. The molecule has 13 heavy (non-hydrogen) atoms. The van der Waals surface area contributed by atoms with Crippen LogP contribution in [0.2, 0.25) is 0 Å². The van der Waals surface area contributed by atoms with Crippen molar-refractivity contribution in [3.63, 3.8) is 0 Å². The Morgan fingerprint density at radius 3 is 2.77 bits per heavy atom.